The van der Waals surface area contributed by atoms with E-state index in [-0.39, 0.29) is 0 Å². The van der Waals surface area contributed by atoms with Crippen LogP contribution in [0.15, 0.2) is 24.3 Å². The predicted octanol–water partition coefficient (Wildman–Crippen LogP) is 4.00. The molecule has 1 fully saturated rings. The Hall–Kier alpha value is -1.02. The first-order valence-corrected chi connectivity index (χ1v) is 7.41. The lowest BCUT2D eigenvalue weighted by Gasteiger charge is -2.40. The summed E-state index contributed by atoms with van der Waals surface area (Å²) >= 11 is 0. The molecule has 1 aliphatic heterocycles. The van der Waals surface area contributed by atoms with Gasteiger partial charge in [-0.3, -0.25) is 0 Å². The maximum atomic E-state index is 9.89. The van der Waals surface area contributed by atoms with E-state index in [1.54, 1.807) is 0 Å². The van der Waals surface area contributed by atoms with Crippen molar-refractivity contribution in [2.75, 3.05) is 18.0 Å². The average Bonchev–Trinajstić information content (AvgIpc) is 2.38. The van der Waals surface area contributed by atoms with Gasteiger partial charge in [-0.1, -0.05) is 39.0 Å². The summed E-state index contributed by atoms with van der Waals surface area (Å²) in [6, 6.07) is 8.25. The van der Waals surface area contributed by atoms with E-state index in [1.165, 1.54) is 18.5 Å². The highest BCUT2D eigenvalue weighted by Gasteiger charge is 2.29. The molecule has 0 radical (unpaired) electrons. The van der Waals surface area contributed by atoms with Gasteiger partial charge < -0.3 is 10.0 Å². The average molecular weight is 261 g/mol. The first kappa shape index (κ1) is 14.4. The standard InChI is InChI=1S/C17H27NO/c1-13(19)15-7-5-6-8-16(15)18-11-9-14(10-12-18)17(2,3)4/h5-8,13-14,19H,9-12H2,1-4H3. The number of aliphatic hydroxyl groups excluding tert-OH is 1. The first-order chi connectivity index (χ1) is 8.89. The van der Waals surface area contributed by atoms with Crippen molar-refractivity contribution in [2.24, 2.45) is 11.3 Å². The van der Waals surface area contributed by atoms with Crippen molar-refractivity contribution in [3.05, 3.63) is 29.8 Å². The summed E-state index contributed by atoms with van der Waals surface area (Å²) in [5, 5.41) is 9.89. The summed E-state index contributed by atoms with van der Waals surface area (Å²) in [6.45, 7) is 11.1. The Balaban J connectivity index is 2.10. The van der Waals surface area contributed by atoms with Gasteiger partial charge in [0.15, 0.2) is 0 Å². The van der Waals surface area contributed by atoms with E-state index >= 15 is 0 Å². The molecule has 1 aromatic rings. The van der Waals surface area contributed by atoms with E-state index in [4.69, 9.17) is 0 Å². The van der Waals surface area contributed by atoms with Crippen molar-refractivity contribution in [1.82, 2.24) is 0 Å². The Kier molecular flexibility index (Phi) is 4.19. The fourth-order valence-corrected chi connectivity index (χ4v) is 3.12. The van der Waals surface area contributed by atoms with Crippen molar-refractivity contribution in [2.45, 2.75) is 46.6 Å². The molecule has 0 amide bonds. The van der Waals surface area contributed by atoms with Crippen molar-refractivity contribution in [3.63, 3.8) is 0 Å². The maximum absolute atomic E-state index is 9.89. The lowest BCUT2D eigenvalue weighted by atomic mass is 9.75. The monoisotopic (exact) mass is 261 g/mol. The van der Waals surface area contributed by atoms with Crippen LogP contribution in [-0.4, -0.2) is 18.2 Å². The Labute approximate surface area is 117 Å². The summed E-state index contributed by atoms with van der Waals surface area (Å²) < 4.78 is 0. The molecule has 19 heavy (non-hydrogen) atoms. The van der Waals surface area contributed by atoms with Gasteiger partial charge >= 0.3 is 0 Å². The van der Waals surface area contributed by atoms with Crippen LogP contribution in [0.2, 0.25) is 0 Å². The second kappa shape index (κ2) is 5.54. The second-order valence-electron chi connectivity index (χ2n) is 6.86. The molecule has 1 N–H and O–H groups in total. The fourth-order valence-electron chi connectivity index (χ4n) is 3.12. The number of anilines is 1. The van der Waals surface area contributed by atoms with Crippen LogP contribution in [0, 0.1) is 11.3 Å². The van der Waals surface area contributed by atoms with Gasteiger partial charge in [0, 0.05) is 24.3 Å². The van der Waals surface area contributed by atoms with E-state index in [1.807, 2.05) is 19.1 Å². The zero-order chi connectivity index (χ0) is 14.0. The Morgan fingerprint density at radius 2 is 1.74 bits per heavy atom. The third-order valence-corrected chi connectivity index (χ3v) is 4.45. The Morgan fingerprint density at radius 1 is 1.16 bits per heavy atom. The lowest BCUT2D eigenvalue weighted by Crippen LogP contribution is -2.38. The number of rotatable bonds is 2. The summed E-state index contributed by atoms with van der Waals surface area (Å²) in [7, 11) is 0. The van der Waals surface area contributed by atoms with Gasteiger partial charge in [-0.05, 0) is 37.2 Å². The predicted molar refractivity (Wildman–Crippen MR) is 81.5 cm³/mol. The molecular formula is C17H27NO. The summed E-state index contributed by atoms with van der Waals surface area (Å²) in [5.74, 6) is 0.808. The highest BCUT2D eigenvalue weighted by Crippen LogP contribution is 2.36. The van der Waals surface area contributed by atoms with Gasteiger partial charge in [-0.2, -0.15) is 0 Å². The van der Waals surface area contributed by atoms with E-state index in [2.05, 4.69) is 37.8 Å². The summed E-state index contributed by atoms with van der Waals surface area (Å²) in [5.41, 5.74) is 2.68. The van der Waals surface area contributed by atoms with Crippen LogP contribution in [0.25, 0.3) is 0 Å². The molecule has 2 nitrogen and oxygen atoms in total. The maximum Gasteiger partial charge on any atom is 0.0781 e. The van der Waals surface area contributed by atoms with Crippen LogP contribution in [0.1, 0.15) is 52.2 Å². The molecule has 1 aromatic carbocycles. The molecule has 1 heterocycles. The van der Waals surface area contributed by atoms with Crippen LogP contribution in [0.5, 0.6) is 0 Å². The highest BCUT2D eigenvalue weighted by molar-refractivity contribution is 5.54. The minimum Gasteiger partial charge on any atom is -0.389 e. The van der Waals surface area contributed by atoms with Crippen molar-refractivity contribution in [3.8, 4) is 0 Å². The molecule has 0 spiro atoms. The number of hydrogen-bond donors (Lipinski definition) is 1. The van der Waals surface area contributed by atoms with Gasteiger partial charge in [0.05, 0.1) is 6.10 Å². The molecule has 1 unspecified atom stereocenters. The van der Waals surface area contributed by atoms with E-state index in [0.717, 1.165) is 24.6 Å². The zero-order valence-corrected chi connectivity index (χ0v) is 12.7. The van der Waals surface area contributed by atoms with Gasteiger partial charge in [-0.15, -0.1) is 0 Å². The van der Waals surface area contributed by atoms with Crippen molar-refractivity contribution >= 4 is 5.69 Å². The Bertz CT molecular complexity index is 412. The third-order valence-electron chi connectivity index (χ3n) is 4.45. The molecule has 1 aliphatic rings. The summed E-state index contributed by atoms with van der Waals surface area (Å²) in [4.78, 5) is 2.43. The zero-order valence-electron chi connectivity index (χ0n) is 12.7. The minimum atomic E-state index is -0.392. The lowest BCUT2D eigenvalue weighted by molar-refractivity contribution is 0.193. The molecule has 1 atom stereocenters. The SMILES string of the molecule is CC(O)c1ccccc1N1CCC(C(C)(C)C)CC1. The molecule has 2 rings (SSSR count). The summed E-state index contributed by atoms with van der Waals surface area (Å²) in [6.07, 6.45) is 2.10. The number of para-hydroxylation sites is 1. The Morgan fingerprint density at radius 3 is 2.26 bits per heavy atom. The van der Waals surface area contributed by atoms with Crippen LogP contribution in [0.4, 0.5) is 5.69 Å². The normalized spacial score (nSPS) is 19.5. The quantitative estimate of drug-likeness (QED) is 0.869. The van der Waals surface area contributed by atoms with Crippen LogP contribution < -0.4 is 4.90 Å². The van der Waals surface area contributed by atoms with Crippen molar-refractivity contribution in [1.29, 1.82) is 0 Å². The van der Waals surface area contributed by atoms with E-state index in [0.29, 0.717) is 5.41 Å². The molecule has 2 heteroatoms. The van der Waals surface area contributed by atoms with E-state index < -0.39 is 6.10 Å². The van der Waals surface area contributed by atoms with Crippen molar-refractivity contribution < 1.29 is 5.11 Å². The second-order valence-corrected chi connectivity index (χ2v) is 6.86. The third kappa shape index (κ3) is 3.30. The molecule has 106 valence electrons. The number of benzene rings is 1. The van der Waals surface area contributed by atoms with Gasteiger partial charge in [0.2, 0.25) is 0 Å². The van der Waals surface area contributed by atoms with Crippen LogP contribution >= 0.6 is 0 Å². The van der Waals surface area contributed by atoms with Gasteiger partial charge in [0.1, 0.15) is 0 Å². The number of hydrogen-bond acceptors (Lipinski definition) is 2. The van der Waals surface area contributed by atoms with Gasteiger partial charge in [-0.25, -0.2) is 0 Å². The first-order valence-electron chi connectivity index (χ1n) is 7.41. The van der Waals surface area contributed by atoms with Gasteiger partial charge in [0.25, 0.3) is 0 Å². The molecular weight excluding hydrogens is 234 g/mol. The highest BCUT2D eigenvalue weighted by atomic mass is 16.3. The van der Waals surface area contributed by atoms with Crippen LogP contribution in [-0.2, 0) is 0 Å². The molecule has 1 saturated heterocycles. The fraction of sp³-hybridized carbons (Fsp3) is 0.647. The molecule has 0 saturated carbocycles. The number of nitrogens with zero attached hydrogens (tertiary/aromatic N) is 1. The smallest absolute Gasteiger partial charge is 0.0781 e. The molecule has 0 aromatic heterocycles. The topological polar surface area (TPSA) is 23.5 Å². The van der Waals surface area contributed by atoms with Crippen LogP contribution in [0.3, 0.4) is 0 Å². The largest absolute Gasteiger partial charge is 0.389 e. The molecule has 0 aliphatic carbocycles. The number of piperidine rings is 1. The minimum absolute atomic E-state index is 0.392. The number of aliphatic hydroxyl groups is 1. The molecule has 0 bridgehead atoms. The van der Waals surface area contributed by atoms with E-state index in [9.17, 15) is 5.11 Å².